The monoisotopic (exact) mass is 480 g/mol. The average molecular weight is 480 g/mol. The molecule has 1 atom stereocenters. The number of carboxylic acid groups (broad SMARTS) is 1. The van der Waals surface area contributed by atoms with Crippen molar-refractivity contribution in [2.75, 3.05) is 13.7 Å². The van der Waals surface area contributed by atoms with Gasteiger partial charge in [0.1, 0.15) is 5.75 Å². The van der Waals surface area contributed by atoms with Gasteiger partial charge in [0.2, 0.25) is 5.91 Å². The molecule has 2 aromatic rings. The Morgan fingerprint density at radius 3 is 2.38 bits per heavy atom. The van der Waals surface area contributed by atoms with Crippen LogP contribution in [0.15, 0.2) is 48.5 Å². The summed E-state index contributed by atoms with van der Waals surface area (Å²) in [7, 11) is 1.12. The SMILES string of the molecule is CC(Cc1cccc(OCCCC(=O)NCc2ccc(C(=O)O)cc2)c1)N(C)C(=O)C(F)(F)F. The topological polar surface area (TPSA) is 95.9 Å². The molecule has 0 aliphatic carbocycles. The van der Waals surface area contributed by atoms with Gasteiger partial charge < -0.3 is 20.1 Å². The Morgan fingerprint density at radius 2 is 1.76 bits per heavy atom. The lowest BCUT2D eigenvalue weighted by molar-refractivity contribution is -0.185. The van der Waals surface area contributed by atoms with E-state index in [-0.39, 0.29) is 37.5 Å². The van der Waals surface area contributed by atoms with Gasteiger partial charge in [0.25, 0.3) is 0 Å². The zero-order valence-corrected chi connectivity index (χ0v) is 18.9. The second kappa shape index (κ2) is 12.1. The van der Waals surface area contributed by atoms with Gasteiger partial charge in [0.15, 0.2) is 0 Å². The Bertz CT molecular complexity index is 993. The molecular formula is C24H27F3N2O5. The van der Waals surface area contributed by atoms with E-state index in [1.807, 2.05) is 0 Å². The summed E-state index contributed by atoms with van der Waals surface area (Å²) in [6, 6.07) is 12.4. The summed E-state index contributed by atoms with van der Waals surface area (Å²) < 4.78 is 43.5. The van der Waals surface area contributed by atoms with E-state index in [1.54, 1.807) is 36.4 Å². The van der Waals surface area contributed by atoms with E-state index in [2.05, 4.69) is 5.32 Å². The number of ether oxygens (including phenoxy) is 1. The molecule has 2 aromatic carbocycles. The normalized spacial score (nSPS) is 12.0. The van der Waals surface area contributed by atoms with E-state index in [9.17, 15) is 27.6 Å². The number of carboxylic acids is 1. The number of nitrogens with one attached hydrogen (secondary N) is 1. The Morgan fingerprint density at radius 1 is 1.09 bits per heavy atom. The van der Waals surface area contributed by atoms with Crippen LogP contribution < -0.4 is 10.1 Å². The van der Waals surface area contributed by atoms with Crippen LogP contribution in [0.1, 0.15) is 41.3 Å². The zero-order valence-electron chi connectivity index (χ0n) is 18.9. The predicted molar refractivity (Wildman–Crippen MR) is 118 cm³/mol. The van der Waals surface area contributed by atoms with Crippen LogP contribution in [0.4, 0.5) is 13.2 Å². The highest BCUT2D eigenvalue weighted by Crippen LogP contribution is 2.21. The first-order chi connectivity index (χ1) is 16.0. The van der Waals surface area contributed by atoms with Gasteiger partial charge in [0, 0.05) is 26.1 Å². The van der Waals surface area contributed by atoms with Gasteiger partial charge in [-0.3, -0.25) is 9.59 Å². The van der Waals surface area contributed by atoms with Gasteiger partial charge >= 0.3 is 18.1 Å². The van der Waals surface area contributed by atoms with Crippen molar-refractivity contribution in [2.24, 2.45) is 0 Å². The Hall–Kier alpha value is -3.56. The number of likely N-dealkylation sites (N-methyl/N-ethyl adjacent to an activating group) is 1. The molecule has 0 radical (unpaired) electrons. The minimum Gasteiger partial charge on any atom is -0.494 e. The molecule has 0 aliphatic rings. The maximum absolute atomic E-state index is 12.6. The van der Waals surface area contributed by atoms with Crippen molar-refractivity contribution < 1.29 is 37.4 Å². The summed E-state index contributed by atoms with van der Waals surface area (Å²) in [6.45, 7) is 2.09. The zero-order chi connectivity index (χ0) is 25.3. The van der Waals surface area contributed by atoms with Crippen LogP contribution in [0.25, 0.3) is 0 Å². The third-order valence-electron chi connectivity index (χ3n) is 5.16. The molecular weight excluding hydrogens is 453 g/mol. The molecule has 184 valence electrons. The molecule has 0 saturated carbocycles. The fraction of sp³-hybridized carbons (Fsp3) is 0.375. The maximum atomic E-state index is 12.6. The lowest BCUT2D eigenvalue weighted by atomic mass is 10.1. The Balaban J connectivity index is 1.73. The van der Waals surface area contributed by atoms with Gasteiger partial charge in [-0.1, -0.05) is 24.3 Å². The van der Waals surface area contributed by atoms with Crippen molar-refractivity contribution in [1.82, 2.24) is 10.2 Å². The van der Waals surface area contributed by atoms with Crippen LogP contribution in [0, 0.1) is 0 Å². The van der Waals surface area contributed by atoms with E-state index in [4.69, 9.17) is 9.84 Å². The molecule has 1 unspecified atom stereocenters. The number of carbonyl (C=O) groups is 3. The average Bonchev–Trinajstić information content (AvgIpc) is 2.79. The first-order valence-corrected chi connectivity index (χ1v) is 10.6. The smallest absolute Gasteiger partial charge is 0.471 e. The van der Waals surface area contributed by atoms with Crippen LogP contribution >= 0.6 is 0 Å². The van der Waals surface area contributed by atoms with E-state index < -0.39 is 24.1 Å². The van der Waals surface area contributed by atoms with Crippen LogP contribution in [0.5, 0.6) is 5.75 Å². The number of alkyl halides is 3. The van der Waals surface area contributed by atoms with Crippen molar-refractivity contribution in [3.05, 3.63) is 65.2 Å². The van der Waals surface area contributed by atoms with Gasteiger partial charge in [-0.05, 0) is 55.2 Å². The summed E-state index contributed by atoms with van der Waals surface area (Å²) in [6.07, 6.45) is -4.00. The van der Waals surface area contributed by atoms with Crippen LogP contribution in [-0.2, 0) is 22.6 Å². The lowest BCUT2D eigenvalue weighted by Gasteiger charge is -2.26. The van der Waals surface area contributed by atoms with E-state index in [0.717, 1.165) is 18.2 Å². The second-order valence-corrected chi connectivity index (χ2v) is 7.85. The van der Waals surface area contributed by atoms with E-state index >= 15 is 0 Å². The Kier molecular flexibility index (Phi) is 9.47. The minimum absolute atomic E-state index is 0.174. The first kappa shape index (κ1) is 26.7. The molecule has 0 aliphatic heterocycles. The number of carbonyl (C=O) groups excluding carboxylic acids is 2. The van der Waals surface area contributed by atoms with Gasteiger partial charge in [0.05, 0.1) is 12.2 Å². The summed E-state index contributed by atoms with van der Waals surface area (Å²) in [5.41, 5.74) is 1.68. The molecule has 0 aromatic heterocycles. The first-order valence-electron chi connectivity index (χ1n) is 10.6. The summed E-state index contributed by atoms with van der Waals surface area (Å²) in [5.74, 6) is -2.55. The summed E-state index contributed by atoms with van der Waals surface area (Å²) in [5, 5.41) is 11.6. The fourth-order valence-electron chi connectivity index (χ4n) is 3.12. The van der Waals surface area contributed by atoms with Gasteiger partial charge in [-0.15, -0.1) is 0 Å². The molecule has 0 saturated heterocycles. The van der Waals surface area contributed by atoms with E-state index in [1.165, 1.54) is 19.1 Å². The molecule has 0 spiro atoms. The van der Waals surface area contributed by atoms with Crippen LogP contribution in [0.2, 0.25) is 0 Å². The lowest BCUT2D eigenvalue weighted by Crippen LogP contribution is -2.44. The van der Waals surface area contributed by atoms with Crippen molar-refractivity contribution in [1.29, 1.82) is 0 Å². The third-order valence-corrected chi connectivity index (χ3v) is 5.16. The molecule has 2 rings (SSSR count). The van der Waals surface area contributed by atoms with Crippen molar-refractivity contribution in [2.45, 2.75) is 44.9 Å². The summed E-state index contributed by atoms with van der Waals surface area (Å²) >= 11 is 0. The molecule has 2 N–H and O–H groups in total. The number of rotatable bonds is 11. The second-order valence-electron chi connectivity index (χ2n) is 7.85. The van der Waals surface area contributed by atoms with Gasteiger partial charge in [-0.25, -0.2) is 4.79 Å². The minimum atomic E-state index is -4.91. The highest BCUT2D eigenvalue weighted by molar-refractivity contribution is 5.87. The molecule has 34 heavy (non-hydrogen) atoms. The maximum Gasteiger partial charge on any atom is 0.471 e. The molecule has 7 nitrogen and oxygen atoms in total. The van der Waals surface area contributed by atoms with Crippen molar-refractivity contribution in [3.63, 3.8) is 0 Å². The van der Waals surface area contributed by atoms with E-state index in [0.29, 0.717) is 17.1 Å². The number of hydrogen-bond donors (Lipinski definition) is 2. The number of aromatic carboxylic acids is 1. The highest BCUT2D eigenvalue weighted by Gasteiger charge is 2.42. The quantitative estimate of drug-likeness (QED) is 0.477. The highest BCUT2D eigenvalue weighted by atomic mass is 19.4. The number of halogens is 3. The number of hydrogen-bond acceptors (Lipinski definition) is 4. The van der Waals surface area contributed by atoms with Crippen LogP contribution in [0.3, 0.4) is 0 Å². The van der Waals surface area contributed by atoms with Gasteiger partial charge in [-0.2, -0.15) is 13.2 Å². The van der Waals surface area contributed by atoms with Crippen molar-refractivity contribution >= 4 is 17.8 Å². The summed E-state index contributed by atoms with van der Waals surface area (Å²) in [4.78, 5) is 34.9. The number of nitrogens with zero attached hydrogens (tertiary/aromatic N) is 1. The fourth-order valence-corrected chi connectivity index (χ4v) is 3.12. The van der Waals surface area contributed by atoms with Crippen LogP contribution in [-0.4, -0.2) is 53.7 Å². The molecule has 2 amide bonds. The standard InChI is InChI=1S/C24H27F3N2O5/c1-16(29(2)23(33)24(25,26)27)13-18-5-3-6-20(14-18)34-12-4-7-21(30)28-15-17-8-10-19(11-9-17)22(31)32/h3,5-6,8-11,14,16H,4,7,12-13,15H2,1-2H3,(H,28,30)(H,31,32). The molecule has 0 heterocycles. The third kappa shape index (κ3) is 8.42. The largest absolute Gasteiger partial charge is 0.494 e. The molecule has 0 fully saturated rings. The number of benzene rings is 2. The molecule has 10 heteroatoms. The molecule has 0 bridgehead atoms. The Labute approximate surface area is 195 Å². The number of amides is 2. The predicted octanol–water partition coefficient (Wildman–Crippen LogP) is 3.81. The van der Waals surface area contributed by atoms with Crippen molar-refractivity contribution in [3.8, 4) is 5.75 Å².